The first-order valence-corrected chi connectivity index (χ1v) is 12.5. The third kappa shape index (κ3) is 8.77. The lowest BCUT2D eigenvalue weighted by molar-refractivity contribution is 0.172. The Bertz CT molecular complexity index is 730. The van der Waals surface area contributed by atoms with Crippen LogP contribution in [0.25, 0.3) is 0 Å². The largest absolute Gasteiger partial charge is 0.337 e. The maximum atomic E-state index is 4.25. The summed E-state index contributed by atoms with van der Waals surface area (Å²) in [7, 11) is 2.27. The highest BCUT2D eigenvalue weighted by Crippen LogP contribution is 2.19. The summed E-state index contributed by atoms with van der Waals surface area (Å²) in [5.74, 6) is 0. The number of aromatic nitrogens is 4. The van der Waals surface area contributed by atoms with Gasteiger partial charge in [0.05, 0.1) is 24.0 Å². The summed E-state index contributed by atoms with van der Waals surface area (Å²) in [6, 6.07) is 1.58. The highest BCUT2D eigenvalue weighted by molar-refractivity contribution is 4.92. The van der Waals surface area contributed by atoms with Crippen LogP contribution in [0.4, 0.5) is 0 Å². The molecule has 2 saturated heterocycles. The molecule has 4 rings (SSSR count). The van der Waals surface area contributed by atoms with Crippen molar-refractivity contribution in [1.82, 2.24) is 29.3 Å². The number of nitrogens with one attached hydrogen (secondary N) is 1. The van der Waals surface area contributed by atoms with Crippen LogP contribution in [0.5, 0.6) is 0 Å². The predicted molar refractivity (Wildman–Crippen MR) is 128 cm³/mol. The predicted octanol–water partition coefficient (Wildman–Crippen LogP) is 4.57. The molecule has 0 amide bonds. The molecule has 0 aromatic carbocycles. The van der Waals surface area contributed by atoms with Crippen molar-refractivity contribution in [2.24, 2.45) is 0 Å². The molecule has 2 atom stereocenters. The van der Waals surface area contributed by atoms with Crippen LogP contribution in [0.15, 0.2) is 25.0 Å². The summed E-state index contributed by atoms with van der Waals surface area (Å²) in [6.07, 6.45) is 21.6. The number of nitrogens with zero attached hydrogens (tertiary/aromatic N) is 5. The third-order valence-corrected chi connectivity index (χ3v) is 6.78. The molecule has 0 bridgehead atoms. The van der Waals surface area contributed by atoms with E-state index in [-0.39, 0.29) is 0 Å². The second kappa shape index (κ2) is 13.0. The Kier molecular flexibility index (Phi) is 10.1. The number of hydrogen-bond donors (Lipinski definition) is 1. The van der Waals surface area contributed by atoms with Crippen LogP contribution in [-0.2, 0) is 13.1 Å². The first-order chi connectivity index (χ1) is 15.1. The van der Waals surface area contributed by atoms with Crippen LogP contribution in [0, 0.1) is 13.8 Å². The lowest BCUT2D eigenvalue weighted by Gasteiger charge is -2.32. The van der Waals surface area contributed by atoms with E-state index >= 15 is 0 Å². The van der Waals surface area contributed by atoms with Gasteiger partial charge in [-0.3, -0.25) is 0 Å². The normalized spacial score (nSPS) is 22.2. The fourth-order valence-corrected chi connectivity index (χ4v) is 4.90. The van der Waals surface area contributed by atoms with Crippen LogP contribution in [0.2, 0.25) is 0 Å². The smallest absolute Gasteiger partial charge is 0.0949 e. The maximum absolute atomic E-state index is 4.25. The average molecular weight is 429 g/mol. The second-order valence-corrected chi connectivity index (χ2v) is 9.57. The van der Waals surface area contributed by atoms with Gasteiger partial charge in [0, 0.05) is 37.6 Å². The van der Waals surface area contributed by atoms with Crippen LogP contribution in [0.3, 0.4) is 0 Å². The molecule has 4 heterocycles. The van der Waals surface area contributed by atoms with E-state index in [1.165, 1.54) is 77.3 Å². The highest BCUT2D eigenvalue weighted by Gasteiger charge is 2.17. The number of rotatable bonds is 8. The molecular formula is C25H44N6. The number of likely N-dealkylation sites (tertiary alicyclic amines) is 1. The maximum Gasteiger partial charge on any atom is 0.0949 e. The van der Waals surface area contributed by atoms with Gasteiger partial charge in [-0.2, -0.15) is 0 Å². The number of aryl methyl sites for hydroxylation is 4. The summed E-state index contributed by atoms with van der Waals surface area (Å²) < 4.78 is 4.40. The minimum atomic E-state index is 0.767. The van der Waals surface area contributed by atoms with Crippen molar-refractivity contribution in [2.45, 2.75) is 103 Å². The molecule has 6 nitrogen and oxygen atoms in total. The molecule has 0 aliphatic carbocycles. The SMILES string of the molecule is Cc1cn(CCCC2CCCCN2)cn1.Cc1cn(CCCC2CCCCN2C)cn1. The monoisotopic (exact) mass is 428 g/mol. The van der Waals surface area contributed by atoms with Crippen molar-refractivity contribution < 1.29 is 0 Å². The molecule has 2 aromatic heterocycles. The van der Waals surface area contributed by atoms with Crippen molar-refractivity contribution in [3.63, 3.8) is 0 Å². The molecule has 6 heteroatoms. The zero-order chi connectivity index (χ0) is 21.9. The van der Waals surface area contributed by atoms with E-state index in [9.17, 15) is 0 Å². The molecule has 0 spiro atoms. The Morgan fingerprint density at radius 2 is 1.52 bits per heavy atom. The van der Waals surface area contributed by atoms with Gasteiger partial charge in [0.15, 0.2) is 0 Å². The molecule has 0 saturated carbocycles. The van der Waals surface area contributed by atoms with Crippen LogP contribution >= 0.6 is 0 Å². The van der Waals surface area contributed by atoms with Gasteiger partial charge in [0.1, 0.15) is 0 Å². The summed E-state index contributed by atoms with van der Waals surface area (Å²) in [5, 5.41) is 3.59. The summed E-state index contributed by atoms with van der Waals surface area (Å²) >= 11 is 0. The van der Waals surface area contributed by atoms with Crippen LogP contribution < -0.4 is 5.32 Å². The van der Waals surface area contributed by atoms with E-state index in [0.717, 1.165) is 36.6 Å². The average Bonchev–Trinajstić information content (AvgIpc) is 3.38. The molecule has 2 aliphatic rings. The Labute approximate surface area is 189 Å². The van der Waals surface area contributed by atoms with Crippen molar-refractivity contribution in [3.8, 4) is 0 Å². The van der Waals surface area contributed by atoms with Crippen molar-refractivity contribution >= 4 is 0 Å². The van der Waals surface area contributed by atoms with E-state index in [4.69, 9.17) is 0 Å². The third-order valence-electron chi connectivity index (χ3n) is 6.78. The molecular weight excluding hydrogens is 384 g/mol. The van der Waals surface area contributed by atoms with Crippen molar-refractivity contribution in [3.05, 3.63) is 36.4 Å². The minimum absolute atomic E-state index is 0.767. The Morgan fingerprint density at radius 1 is 0.871 bits per heavy atom. The highest BCUT2D eigenvalue weighted by atomic mass is 15.1. The zero-order valence-electron chi connectivity index (χ0n) is 20.1. The standard InChI is InChI=1S/C13H23N3.C12H21N3/c1-12-10-16(11-14-12)9-5-7-13-6-3-4-8-15(13)2;1-11-9-15(10-14-11)8-4-6-12-5-2-3-7-13-12/h10-11,13H,3-9H2,1-2H3;9-10,12-13H,2-8H2,1H3. The number of piperidine rings is 2. The van der Waals surface area contributed by atoms with Gasteiger partial charge in [-0.15, -0.1) is 0 Å². The Balaban J connectivity index is 0.000000176. The fraction of sp³-hybridized carbons (Fsp3) is 0.760. The lowest BCUT2D eigenvalue weighted by Crippen LogP contribution is -2.36. The van der Waals surface area contributed by atoms with Crippen molar-refractivity contribution in [1.29, 1.82) is 0 Å². The van der Waals surface area contributed by atoms with Gasteiger partial charge in [0.25, 0.3) is 0 Å². The Morgan fingerprint density at radius 3 is 2.06 bits per heavy atom. The topological polar surface area (TPSA) is 50.9 Å². The molecule has 2 aromatic rings. The molecule has 2 unspecified atom stereocenters. The summed E-state index contributed by atoms with van der Waals surface area (Å²) in [5.41, 5.74) is 2.24. The quantitative estimate of drug-likeness (QED) is 0.669. The fourth-order valence-electron chi connectivity index (χ4n) is 4.90. The number of imidazole rings is 2. The van der Waals surface area contributed by atoms with E-state index in [2.05, 4.69) is 48.8 Å². The van der Waals surface area contributed by atoms with E-state index in [1.54, 1.807) is 0 Å². The van der Waals surface area contributed by atoms with Crippen LogP contribution in [0.1, 0.15) is 75.6 Å². The summed E-state index contributed by atoms with van der Waals surface area (Å²) in [4.78, 5) is 11.0. The minimum Gasteiger partial charge on any atom is -0.337 e. The first-order valence-electron chi connectivity index (χ1n) is 12.5. The lowest BCUT2D eigenvalue weighted by atomic mass is 9.99. The van der Waals surface area contributed by atoms with Crippen LogP contribution in [-0.4, -0.2) is 56.2 Å². The first kappa shape index (κ1) is 24.0. The van der Waals surface area contributed by atoms with Gasteiger partial charge in [0.2, 0.25) is 0 Å². The van der Waals surface area contributed by atoms with Gasteiger partial charge in [-0.25, -0.2) is 9.97 Å². The van der Waals surface area contributed by atoms with Crippen molar-refractivity contribution in [2.75, 3.05) is 20.1 Å². The van der Waals surface area contributed by atoms with E-state index in [0.29, 0.717) is 0 Å². The second-order valence-electron chi connectivity index (χ2n) is 9.57. The van der Waals surface area contributed by atoms with Gasteiger partial charge in [-0.05, 0) is 85.4 Å². The van der Waals surface area contributed by atoms with Gasteiger partial charge >= 0.3 is 0 Å². The van der Waals surface area contributed by atoms with Gasteiger partial charge in [-0.1, -0.05) is 12.8 Å². The molecule has 174 valence electrons. The van der Waals surface area contributed by atoms with E-state index in [1.807, 2.05) is 26.5 Å². The Hall–Kier alpha value is -1.66. The molecule has 2 aliphatic heterocycles. The molecule has 0 radical (unpaired) electrons. The summed E-state index contributed by atoms with van der Waals surface area (Å²) in [6.45, 7) is 8.82. The number of hydrogen-bond acceptors (Lipinski definition) is 4. The molecule has 2 fully saturated rings. The zero-order valence-corrected chi connectivity index (χ0v) is 20.1. The van der Waals surface area contributed by atoms with E-state index < -0.39 is 0 Å². The van der Waals surface area contributed by atoms with Gasteiger partial charge < -0.3 is 19.4 Å². The molecule has 1 N–H and O–H groups in total. The molecule has 31 heavy (non-hydrogen) atoms.